The number of carbonyl (C=O) groups excluding carboxylic acids is 1. The molecule has 6 heteroatoms. The van der Waals surface area contributed by atoms with Gasteiger partial charge in [-0.2, -0.15) is 0 Å². The number of pyridine rings is 1. The normalized spacial score (nSPS) is 10.3. The Morgan fingerprint density at radius 1 is 1.40 bits per heavy atom. The van der Waals surface area contributed by atoms with Crippen LogP contribution in [0.1, 0.15) is 17.3 Å². The maximum absolute atomic E-state index is 12.2. The predicted octanol–water partition coefficient (Wildman–Crippen LogP) is 4.70. The Hall–Kier alpha value is -0.790. The highest BCUT2D eigenvalue weighted by atomic mass is 127. The van der Waals surface area contributed by atoms with Crippen LogP contribution in [0.15, 0.2) is 41.6 Å². The van der Waals surface area contributed by atoms with E-state index >= 15 is 0 Å². The number of aromatic nitrogens is 1. The van der Waals surface area contributed by atoms with E-state index in [-0.39, 0.29) is 5.91 Å². The summed E-state index contributed by atoms with van der Waals surface area (Å²) in [4.78, 5) is 16.4. The standard InChI is InChI=1S/C14H12ClIN2OS/c1-2-20-13-6-4-10(8-17-13)18-14(19)11-5-3-9(15)7-12(11)16/h3-8H,2H2,1H3,(H,18,19). The number of nitrogens with zero attached hydrogens (tertiary/aromatic N) is 1. The van der Waals surface area contributed by atoms with Crippen LogP contribution < -0.4 is 5.32 Å². The minimum absolute atomic E-state index is 0.163. The second-order valence-corrected chi connectivity index (χ2v) is 6.78. The van der Waals surface area contributed by atoms with Crippen molar-refractivity contribution in [2.24, 2.45) is 0 Å². The van der Waals surface area contributed by atoms with E-state index in [1.165, 1.54) is 0 Å². The van der Waals surface area contributed by atoms with Gasteiger partial charge in [-0.05, 0) is 58.7 Å². The predicted molar refractivity (Wildman–Crippen MR) is 92.8 cm³/mol. The lowest BCUT2D eigenvalue weighted by Crippen LogP contribution is -2.13. The fourth-order valence-electron chi connectivity index (χ4n) is 1.56. The van der Waals surface area contributed by atoms with Crippen LogP contribution in [0, 0.1) is 3.57 Å². The number of rotatable bonds is 4. The van der Waals surface area contributed by atoms with Crippen molar-refractivity contribution in [1.29, 1.82) is 0 Å². The van der Waals surface area contributed by atoms with Crippen LogP contribution in [0.5, 0.6) is 0 Å². The van der Waals surface area contributed by atoms with Gasteiger partial charge in [-0.1, -0.05) is 18.5 Å². The topological polar surface area (TPSA) is 42.0 Å². The van der Waals surface area contributed by atoms with Crippen LogP contribution in [-0.2, 0) is 0 Å². The highest BCUT2D eigenvalue weighted by Gasteiger charge is 2.10. The molecule has 0 aliphatic rings. The number of anilines is 1. The zero-order valence-corrected chi connectivity index (χ0v) is 14.4. The molecule has 20 heavy (non-hydrogen) atoms. The molecule has 0 saturated heterocycles. The molecule has 0 aliphatic carbocycles. The fourth-order valence-corrected chi connectivity index (χ4v) is 3.26. The maximum atomic E-state index is 12.2. The Bertz CT molecular complexity index is 619. The molecule has 104 valence electrons. The number of thioether (sulfide) groups is 1. The van der Waals surface area contributed by atoms with Crippen molar-refractivity contribution in [3.63, 3.8) is 0 Å². The summed E-state index contributed by atoms with van der Waals surface area (Å²) >= 11 is 9.64. The molecule has 1 aromatic carbocycles. The number of halogens is 2. The smallest absolute Gasteiger partial charge is 0.256 e. The zero-order chi connectivity index (χ0) is 14.5. The minimum Gasteiger partial charge on any atom is -0.321 e. The number of benzene rings is 1. The Balaban J connectivity index is 2.11. The third-order valence-electron chi connectivity index (χ3n) is 2.46. The van der Waals surface area contributed by atoms with E-state index in [2.05, 4.69) is 39.8 Å². The first-order valence-electron chi connectivity index (χ1n) is 5.95. The molecule has 1 aromatic heterocycles. The van der Waals surface area contributed by atoms with Gasteiger partial charge in [0.2, 0.25) is 0 Å². The Morgan fingerprint density at radius 3 is 2.80 bits per heavy atom. The summed E-state index contributed by atoms with van der Waals surface area (Å²) in [6, 6.07) is 8.94. The molecule has 0 radical (unpaired) electrons. The van der Waals surface area contributed by atoms with Gasteiger partial charge in [0.05, 0.1) is 22.5 Å². The van der Waals surface area contributed by atoms with Gasteiger partial charge in [-0.15, -0.1) is 11.8 Å². The Morgan fingerprint density at radius 2 is 2.20 bits per heavy atom. The summed E-state index contributed by atoms with van der Waals surface area (Å²) in [6.07, 6.45) is 1.67. The van der Waals surface area contributed by atoms with Crippen molar-refractivity contribution >= 4 is 57.5 Å². The van der Waals surface area contributed by atoms with Gasteiger partial charge in [0.25, 0.3) is 5.91 Å². The monoisotopic (exact) mass is 418 g/mol. The van der Waals surface area contributed by atoms with Gasteiger partial charge < -0.3 is 5.32 Å². The molecule has 1 N–H and O–H groups in total. The summed E-state index contributed by atoms with van der Waals surface area (Å²) in [7, 11) is 0. The van der Waals surface area contributed by atoms with Crippen molar-refractivity contribution in [3.8, 4) is 0 Å². The molecule has 3 nitrogen and oxygen atoms in total. The summed E-state index contributed by atoms with van der Waals surface area (Å²) in [5.74, 6) is 0.811. The largest absolute Gasteiger partial charge is 0.321 e. The lowest BCUT2D eigenvalue weighted by molar-refractivity contribution is 0.102. The first-order chi connectivity index (χ1) is 9.60. The van der Waals surface area contributed by atoms with E-state index in [9.17, 15) is 4.79 Å². The van der Waals surface area contributed by atoms with Crippen LogP contribution in [0.25, 0.3) is 0 Å². The molecule has 0 saturated carbocycles. The average Bonchev–Trinajstić information content (AvgIpc) is 2.41. The molecule has 1 heterocycles. The maximum Gasteiger partial charge on any atom is 0.256 e. The van der Waals surface area contributed by atoms with Crippen LogP contribution in [0.2, 0.25) is 5.02 Å². The number of hydrogen-bond donors (Lipinski definition) is 1. The molecule has 0 bridgehead atoms. The minimum atomic E-state index is -0.163. The van der Waals surface area contributed by atoms with Gasteiger partial charge >= 0.3 is 0 Å². The van der Waals surface area contributed by atoms with E-state index in [4.69, 9.17) is 11.6 Å². The van der Waals surface area contributed by atoms with Crippen molar-refractivity contribution in [3.05, 3.63) is 50.7 Å². The first kappa shape index (κ1) is 15.6. The lowest BCUT2D eigenvalue weighted by atomic mass is 10.2. The molecular formula is C14H12ClIN2OS. The Kier molecular flexibility index (Phi) is 5.68. The van der Waals surface area contributed by atoms with E-state index in [0.717, 1.165) is 14.3 Å². The van der Waals surface area contributed by atoms with Crippen molar-refractivity contribution in [2.75, 3.05) is 11.1 Å². The molecule has 2 aromatic rings. The van der Waals surface area contributed by atoms with Crippen LogP contribution in [0.3, 0.4) is 0 Å². The summed E-state index contributed by atoms with van der Waals surface area (Å²) in [5, 5.41) is 4.40. The lowest BCUT2D eigenvalue weighted by Gasteiger charge is -2.07. The van der Waals surface area contributed by atoms with Crippen molar-refractivity contribution in [1.82, 2.24) is 4.98 Å². The highest BCUT2D eigenvalue weighted by Crippen LogP contribution is 2.20. The van der Waals surface area contributed by atoms with E-state index < -0.39 is 0 Å². The zero-order valence-electron chi connectivity index (χ0n) is 10.7. The number of nitrogens with one attached hydrogen (secondary N) is 1. The van der Waals surface area contributed by atoms with E-state index in [0.29, 0.717) is 16.3 Å². The van der Waals surface area contributed by atoms with Crippen molar-refractivity contribution in [2.45, 2.75) is 11.9 Å². The number of carbonyl (C=O) groups is 1. The van der Waals surface area contributed by atoms with Crippen molar-refractivity contribution < 1.29 is 4.79 Å². The molecule has 0 spiro atoms. The van der Waals surface area contributed by atoms with Gasteiger partial charge in [0, 0.05) is 8.59 Å². The molecule has 2 rings (SSSR count). The SMILES string of the molecule is CCSc1ccc(NC(=O)c2ccc(Cl)cc2I)cn1. The van der Waals surface area contributed by atoms with Gasteiger partial charge in [0.1, 0.15) is 0 Å². The number of amides is 1. The summed E-state index contributed by atoms with van der Waals surface area (Å²) < 4.78 is 0.818. The second-order valence-electron chi connectivity index (χ2n) is 3.90. The quantitative estimate of drug-likeness (QED) is 0.578. The molecule has 0 fully saturated rings. The van der Waals surface area contributed by atoms with E-state index in [1.807, 2.05) is 12.1 Å². The summed E-state index contributed by atoms with van der Waals surface area (Å²) in [5.41, 5.74) is 1.28. The molecule has 0 atom stereocenters. The average molecular weight is 419 g/mol. The third kappa shape index (κ3) is 4.10. The highest BCUT2D eigenvalue weighted by molar-refractivity contribution is 14.1. The van der Waals surface area contributed by atoms with Crippen LogP contribution in [-0.4, -0.2) is 16.6 Å². The van der Waals surface area contributed by atoms with Crippen LogP contribution in [0.4, 0.5) is 5.69 Å². The first-order valence-corrected chi connectivity index (χ1v) is 8.39. The fraction of sp³-hybridized carbons (Fsp3) is 0.143. The van der Waals surface area contributed by atoms with E-state index in [1.54, 1.807) is 36.2 Å². The Labute approximate surface area is 140 Å². The number of hydrogen-bond acceptors (Lipinski definition) is 3. The molecular weight excluding hydrogens is 407 g/mol. The second kappa shape index (κ2) is 7.28. The summed E-state index contributed by atoms with van der Waals surface area (Å²) in [6.45, 7) is 2.07. The molecule has 1 amide bonds. The molecule has 0 unspecified atom stereocenters. The van der Waals surface area contributed by atoms with Gasteiger partial charge in [0.15, 0.2) is 0 Å². The third-order valence-corrected chi connectivity index (χ3v) is 4.42. The van der Waals surface area contributed by atoms with Gasteiger partial charge in [-0.3, -0.25) is 4.79 Å². The van der Waals surface area contributed by atoms with Crippen LogP contribution >= 0.6 is 46.0 Å². The van der Waals surface area contributed by atoms with Gasteiger partial charge in [-0.25, -0.2) is 4.98 Å². The molecule has 0 aliphatic heterocycles.